The molecule has 7 nitrogen and oxygen atoms in total. The molecule has 0 saturated heterocycles. The molecule has 2 amide bonds. The minimum atomic E-state index is -0.474. The molecule has 3 rings (SSSR count). The highest BCUT2D eigenvalue weighted by Crippen LogP contribution is 2.13. The van der Waals surface area contributed by atoms with Gasteiger partial charge in [-0.1, -0.05) is 17.3 Å². The maximum atomic E-state index is 12.4. The van der Waals surface area contributed by atoms with Crippen LogP contribution in [0, 0.1) is 13.8 Å². The fourth-order valence-electron chi connectivity index (χ4n) is 2.23. The molecule has 1 aromatic carbocycles. The molecule has 0 bridgehead atoms. The van der Waals surface area contributed by atoms with Crippen LogP contribution in [0.5, 0.6) is 0 Å². The second-order valence-electron chi connectivity index (χ2n) is 5.53. The van der Waals surface area contributed by atoms with Crippen LogP contribution in [0.1, 0.15) is 32.2 Å². The second-order valence-corrected chi connectivity index (χ2v) is 5.53. The molecule has 0 spiro atoms. The predicted octanol–water partition coefficient (Wildman–Crippen LogP) is 3.19. The van der Waals surface area contributed by atoms with Crippen molar-refractivity contribution in [3.8, 4) is 0 Å². The number of nitrogens with one attached hydrogen (secondary N) is 2. The number of aromatic nitrogens is 2. The summed E-state index contributed by atoms with van der Waals surface area (Å²) in [6.45, 7) is 3.66. The molecule has 0 aliphatic rings. The van der Waals surface area contributed by atoms with E-state index in [1.54, 1.807) is 25.1 Å². The van der Waals surface area contributed by atoms with E-state index in [9.17, 15) is 9.59 Å². The number of nitrogens with zero attached hydrogens (tertiary/aromatic N) is 2. The lowest BCUT2D eigenvalue weighted by Crippen LogP contribution is -2.17. The van der Waals surface area contributed by atoms with E-state index in [-0.39, 0.29) is 11.6 Å². The quantitative estimate of drug-likeness (QED) is 0.762. The smallest absolute Gasteiger partial charge is 0.275 e. The summed E-state index contributed by atoms with van der Waals surface area (Å²) in [4.78, 5) is 28.6. The Labute approximate surface area is 144 Å². The van der Waals surface area contributed by atoms with Crippen molar-refractivity contribution < 1.29 is 14.1 Å². The Morgan fingerprint density at radius 1 is 1.00 bits per heavy atom. The van der Waals surface area contributed by atoms with Crippen molar-refractivity contribution in [3.63, 3.8) is 0 Å². The van der Waals surface area contributed by atoms with Gasteiger partial charge >= 0.3 is 0 Å². The van der Waals surface area contributed by atoms with E-state index in [0.717, 1.165) is 5.56 Å². The van der Waals surface area contributed by atoms with Gasteiger partial charge in [0.25, 0.3) is 11.8 Å². The van der Waals surface area contributed by atoms with E-state index in [4.69, 9.17) is 4.52 Å². The van der Waals surface area contributed by atoms with Crippen molar-refractivity contribution in [3.05, 3.63) is 71.2 Å². The summed E-state index contributed by atoms with van der Waals surface area (Å²) in [5.74, 6) is 0.0753. The molecule has 2 heterocycles. The number of benzene rings is 1. The lowest BCUT2D eigenvalue weighted by atomic mass is 10.2. The summed E-state index contributed by atoms with van der Waals surface area (Å²) in [6.07, 6.45) is 1.41. The molecule has 0 aliphatic carbocycles. The minimum absolute atomic E-state index is 0.109. The normalized spacial score (nSPS) is 10.3. The molecule has 2 N–H and O–H groups in total. The lowest BCUT2D eigenvalue weighted by Gasteiger charge is -2.07. The monoisotopic (exact) mass is 336 g/mol. The van der Waals surface area contributed by atoms with Gasteiger partial charge in [0.1, 0.15) is 11.5 Å². The lowest BCUT2D eigenvalue weighted by molar-refractivity contribution is 0.102. The first-order valence-corrected chi connectivity index (χ1v) is 7.60. The summed E-state index contributed by atoms with van der Waals surface area (Å²) < 4.78 is 4.89. The largest absolute Gasteiger partial charge is 0.360 e. The van der Waals surface area contributed by atoms with Gasteiger partial charge in [-0.3, -0.25) is 14.6 Å². The minimum Gasteiger partial charge on any atom is -0.360 e. The summed E-state index contributed by atoms with van der Waals surface area (Å²) in [7, 11) is 0. The standard InChI is InChI=1S/C18H16N4O3/c1-11-4-3-5-14(8-11)20-17(23)13-6-7-19-15(10-13)18(24)21-16-9-12(2)25-22-16/h3-10H,1-2H3,(H,20,23)(H,21,22,24). The van der Waals surface area contributed by atoms with Gasteiger partial charge in [-0.25, -0.2) is 0 Å². The molecule has 0 fully saturated rings. The first kappa shape index (κ1) is 16.4. The van der Waals surface area contributed by atoms with Crippen LogP contribution in [0.4, 0.5) is 11.5 Å². The zero-order valence-electron chi connectivity index (χ0n) is 13.7. The maximum Gasteiger partial charge on any atom is 0.275 e. The third-order valence-electron chi connectivity index (χ3n) is 3.40. The van der Waals surface area contributed by atoms with Gasteiger partial charge in [0, 0.05) is 23.5 Å². The number of amides is 2. The van der Waals surface area contributed by atoms with Crippen molar-refractivity contribution in [2.24, 2.45) is 0 Å². The molecule has 0 unspecified atom stereocenters. The van der Waals surface area contributed by atoms with Gasteiger partial charge < -0.3 is 15.2 Å². The Balaban J connectivity index is 1.74. The highest BCUT2D eigenvalue weighted by atomic mass is 16.5. The molecular formula is C18H16N4O3. The van der Waals surface area contributed by atoms with Crippen LogP contribution in [0.25, 0.3) is 0 Å². The fraction of sp³-hybridized carbons (Fsp3) is 0.111. The van der Waals surface area contributed by atoms with Crippen LogP contribution in [0.2, 0.25) is 0 Å². The van der Waals surface area contributed by atoms with Crippen LogP contribution >= 0.6 is 0 Å². The highest BCUT2D eigenvalue weighted by molar-refractivity contribution is 6.07. The fourth-order valence-corrected chi connectivity index (χ4v) is 2.23. The van der Waals surface area contributed by atoms with Crippen molar-refractivity contribution in [2.45, 2.75) is 13.8 Å². The van der Waals surface area contributed by atoms with Gasteiger partial charge in [-0.2, -0.15) is 0 Å². The van der Waals surface area contributed by atoms with Crippen molar-refractivity contribution in [2.75, 3.05) is 10.6 Å². The number of carbonyl (C=O) groups is 2. The van der Waals surface area contributed by atoms with E-state index >= 15 is 0 Å². The van der Waals surface area contributed by atoms with Crippen LogP contribution in [0.15, 0.2) is 53.2 Å². The molecule has 7 heteroatoms. The van der Waals surface area contributed by atoms with Gasteiger partial charge in [0.15, 0.2) is 5.82 Å². The molecule has 0 atom stereocenters. The number of carbonyl (C=O) groups excluding carboxylic acids is 2. The first-order valence-electron chi connectivity index (χ1n) is 7.60. The van der Waals surface area contributed by atoms with E-state index in [0.29, 0.717) is 22.8 Å². The van der Waals surface area contributed by atoms with Crippen LogP contribution in [-0.4, -0.2) is 22.0 Å². The Bertz CT molecular complexity index is 933. The summed E-state index contributed by atoms with van der Waals surface area (Å²) in [6, 6.07) is 12.0. The molecule has 126 valence electrons. The molecular weight excluding hydrogens is 320 g/mol. The topological polar surface area (TPSA) is 97.1 Å². The number of rotatable bonds is 4. The Morgan fingerprint density at radius 2 is 1.84 bits per heavy atom. The SMILES string of the molecule is Cc1cccc(NC(=O)c2ccnc(C(=O)Nc3cc(C)on3)c2)c1. The van der Waals surface area contributed by atoms with Gasteiger partial charge in [0.2, 0.25) is 0 Å². The van der Waals surface area contributed by atoms with Crippen LogP contribution in [0.3, 0.4) is 0 Å². The molecule has 0 saturated carbocycles. The highest BCUT2D eigenvalue weighted by Gasteiger charge is 2.14. The Kier molecular flexibility index (Phi) is 4.56. The van der Waals surface area contributed by atoms with Gasteiger partial charge in [0.05, 0.1) is 0 Å². The predicted molar refractivity (Wildman–Crippen MR) is 92.6 cm³/mol. The van der Waals surface area contributed by atoms with Gasteiger partial charge in [-0.15, -0.1) is 0 Å². The maximum absolute atomic E-state index is 12.4. The average Bonchev–Trinajstić information content (AvgIpc) is 3.00. The molecule has 25 heavy (non-hydrogen) atoms. The molecule has 3 aromatic rings. The van der Waals surface area contributed by atoms with Crippen molar-refractivity contribution >= 4 is 23.3 Å². The first-order chi connectivity index (χ1) is 12.0. The number of aryl methyl sites for hydroxylation is 2. The van der Waals surface area contributed by atoms with Crippen LogP contribution < -0.4 is 10.6 Å². The van der Waals surface area contributed by atoms with Crippen molar-refractivity contribution in [1.29, 1.82) is 0 Å². The average molecular weight is 336 g/mol. The second kappa shape index (κ2) is 6.96. The van der Waals surface area contributed by atoms with Gasteiger partial charge in [-0.05, 0) is 43.7 Å². The zero-order valence-corrected chi connectivity index (χ0v) is 13.7. The summed E-state index contributed by atoms with van der Waals surface area (Å²) >= 11 is 0. The number of hydrogen-bond acceptors (Lipinski definition) is 5. The molecule has 0 aliphatic heterocycles. The van der Waals surface area contributed by atoms with E-state index in [1.165, 1.54) is 12.3 Å². The van der Waals surface area contributed by atoms with E-state index in [2.05, 4.69) is 20.8 Å². The third kappa shape index (κ3) is 4.08. The number of pyridine rings is 1. The summed E-state index contributed by atoms with van der Waals surface area (Å²) in [5.41, 5.74) is 2.16. The number of hydrogen-bond donors (Lipinski definition) is 2. The van der Waals surface area contributed by atoms with E-state index in [1.807, 2.05) is 25.1 Å². The van der Waals surface area contributed by atoms with E-state index < -0.39 is 5.91 Å². The molecule has 2 aromatic heterocycles. The Morgan fingerprint density at radius 3 is 2.56 bits per heavy atom. The van der Waals surface area contributed by atoms with Crippen molar-refractivity contribution in [1.82, 2.24) is 10.1 Å². The Hall–Kier alpha value is -3.48. The zero-order chi connectivity index (χ0) is 17.8. The summed E-state index contributed by atoms with van der Waals surface area (Å²) in [5, 5.41) is 9.05. The third-order valence-corrected chi connectivity index (χ3v) is 3.40. The van der Waals surface area contributed by atoms with Crippen LogP contribution in [-0.2, 0) is 0 Å². The molecule has 0 radical (unpaired) electrons. The number of anilines is 2.